The van der Waals surface area contributed by atoms with Crippen LogP contribution >= 0.6 is 22.7 Å². The van der Waals surface area contributed by atoms with E-state index < -0.39 is 0 Å². The molecule has 0 aliphatic rings. The Hall–Kier alpha value is -3.57. The number of anilines is 2. The second kappa shape index (κ2) is 10.6. The van der Waals surface area contributed by atoms with Crippen LogP contribution < -0.4 is 15.4 Å². The van der Waals surface area contributed by atoms with Gasteiger partial charge < -0.3 is 15.4 Å². The third-order valence-electron chi connectivity index (χ3n) is 4.23. The summed E-state index contributed by atoms with van der Waals surface area (Å²) in [6.07, 6.45) is 3.51. The van der Waals surface area contributed by atoms with Gasteiger partial charge in [-0.3, -0.25) is 9.59 Å². The average molecular weight is 469 g/mol. The Morgan fingerprint density at radius 1 is 1.06 bits per heavy atom. The third-order valence-corrected chi connectivity index (χ3v) is 5.91. The van der Waals surface area contributed by atoms with Gasteiger partial charge in [0.15, 0.2) is 5.13 Å². The van der Waals surface area contributed by atoms with E-state index in [9.17, 15) is 9.59 Å². The molecular formula is C21H20N6O3S2. The van der Waals surface area contributed by atoms with Gasteiger partial charge in [-0.2, -0.15) is 5.10 Å². The number of rotatable bonds is 10. The Kier molecular flexibility index (Phi) is 7.20. The summed E-state index contributed by atoms with van der Waals surface area (Å²) in [7, 11) is 0. The van der Waals surface area contributed by atoms with E-state index in [1.54, 1.807) is 28.5 Å². The van der Waals surface area contributed by atoms with Gasteiger partial charge in [-0.05, 0) is 23.6 Å². The molecule has 2 N–H and O–H groups in total. The monoisotopic (exact) mass is 468 g/mol. The van der Waals surface area contributed by atoms with Gasteiger partial charge in [0, 0.05) is 22.0 Å². The van der Waals surface area contributed by atoms with Crippen molar-refractivity contribution in [1.29, 1.82) is 0 Å². The molecule has 0 aliphatic carbocycles. The summed E-state index contributed by atoms with van der Waals surface area (Å²) >= 11 is 2.83. The molecule has 0 spiro atoms. The van der Waals surface area contributed by atoms with Crippen molar-refractivity contribution >= 4 is 45.3 Å². The van der Waals surface area contributed by atoms with Crippen molar-refractivity contribution in [2.45, 2.75) is 19.4 Å². The largest absolute Gasteiger partial charge is 0.492 e. The highest BCUT2D eigenvalue weighted by Crippen LogP contribution is 2.20. The van der Waals surface area contributed by atoms with Crippen LogP contribution in [0, 0.1) is 0 Å². The van der Waals surface area contributed by atoms with Crippen molar-refractivity contribution in [3.8, 4) is 5.75 Å². The van der Waals surface area contributed by atoms with Crippen LogP contribution in [0.25, 0.3) is 0 Å². The molecule has 1 aromatic carbocycles. The van der Waals surface area contributed by atoms with Gasteiger partial charge in [0.1, 0.15) is 25.0 Å². The molecule has 164 valence electrons. The first-order valence-electron chi connectivity index (χ1n) is 9.76. The number of carbonyl (C=O) groups is 2. The topological polar surface area (TPSA) is 111 Å². The normalized spacial score (nSPS) is 10.6. The molecule has 0 atom stereocenters. The minimum absolute atomic E-state index is 0.106. The summed E-state index contributed by atoms with van der Waals surface area (Å²) < 4.78 is 7.39. The number of thiophene rings is 1. The third kappa shape index (κ3) is 6.46. The molecular weight excluding hydrogens is 448 g/mol. The highest BCUT2D eigenvalue weighted by Gasteiger charge is 2.11. The molecule has 3 heterocycles. The summed E-state index contributed by atoms with van der Waals surface area (Å²) in [5, 5.41) is 13.8. The molecule has 0 unspecified atom stereocenters. The summed E-state index contributed by atoms with van der Waals surface area (Å²) in [4.78, 5) is 33.7. The summed E-state index contributed by atoms with van der Waals surface area (Å²) in [6, 6.07) is 11.0. The van der Waals surface area contributed by atoms with E-state index in [0.29, 0.717) is 41.8 Å². The molecule has 4 aromatic rings. The Balaban J connectivity index is 1.24. The molecule has 3 aromatic heterocycles. The van der Waals surface area contributed by atoms with E-state index >= 15 is 0 Å². The van der Waals surface area contributed by atoms with Crippen LogP contribution in [0.15, 0.2) is 59.8 Å². The number of nitrogens with one attached hydrogen (secondary N) is 2. The number of benzene rings is 1. The van der Waals surface area contributed by atoms with Gasteiger partial charge in [-0.15, -0.1) is 22.7 Å². The number of nitrogens with zero attached hydrogens (tertiary/aromatic N) is 4. The molecule has 0 saturated carbocycles. The number of ether oxygens (including phenoxy) is 1. The Labute approximate surface area is 192 Å². The molecule has 32 heavy (non-hydrogen) atoms. The van der Waals surface area contributed by atoms with Crippen LogP contribution in [0.4, 0.5) is 10.8 Å². The zero-order chi connectivity index (χ0) is 22.2. The zero-order valence-electron chi connectivity index (χ0n) is 16.9. The van der Waals surface area contributed by atoms with Gasteiger partial charge in [-0.25, -0.2) is 14.6 Å². The molecule has 2 amide bonds. The lowest BCUT2D eigenvalue weighted by atomic mass is 10.2. The molecule has 9 nitrogen and oxygen atoms in total. The van der Waals surface area contributed by atoms with Crippen LogP contribution in [0.5, 0.6) is 5.75 Å². The van der Waals surface area contributed by atoms with Crippen LogP contribution in [-0.2, 0) is 29.0 Å². The highest BCUT2D eigenvalue weighted by molar-refractivity contribution is 7.14. The Morgan fingerprint density at radius 3 is 2.78 bits per heavy atom. The second-order valence-corrected chi connectivity index (χ2v) is 8.60. The fourth-order valence-corrected chi connectivity index (χ4v) is 4.25. The molecule has 0 aliphatic heterocycles. The van der Waals surface area contributed by atoms with Gasteiger partial charge in [-0.1, -0.05) is 12.1 Å². The van der Waals surface area contributed by atoms with Crippen molar-refractivity contribution in [2.24, 2.45) is 0 Å². The molecule has 4 rings (SSSR count). The number of aromatic nitrogens is 4. The molecule has 0 bridgehead atoms. The van der Waals surface area contributed by atoms with Crippen LogP contribution in [0.3, 0.4) is 0 Å². The summed E-state index contributed by atoms with van der Waals surface area (Å²) in [5.74, 6) is 0.317. The van der Waals surface area contributed by atoms with Gasteiger partial charge in [0.2, 0.25) is 11.8 Å². The lowest BCUT2D eigenvalue weighted by Gasteiger charge is -2.09. The predicted molar refractivity (Wildman–Crippen MR) is 123 cm³/mol. The van der Waals surface area contributed by atoms with Crippen molar-refractivity contribution in [1.82, 2.24) is 19.7 Å². The lowest BCUT2D eigenvalue weighted by molar-refractivity contribution is -0.116. The van der Waals surface area contributed by atoms with E-state index in [1.165, 1.54) is 29.0 Å². The second-order valence-electron chi connectivity index (χ2n) is 6.71. The Bertz CT molecular complexity index is 1160. The average Bonchev–Trinajstić information content (AvgIpc) is 3.52. The maximum atomic E-state index is 12.4. The van der Waals surface area contributed by atoms with E-state index in [4.69, 9.17) is 4.74 Å². The molecule has 11 heteroatoms. The number of hydrogen-bond donors (Lipinski definition) is 2. The van der Waals surface area contributed by atoms with E-state index in [0.717, 1.165) is 4.88 Å². The lowest BCUT2D eigenvalue weighted by Crippen LogP contribution is -2.15. The number of hydrogen-bond acceptors (Lipinski definition) is 8. The van der Waals surface area contributed by atoms with E-state index in [-0.39, 0.29) is 18.2 Å². The fourth-order valence-electron chi connectivity index (χ4n) is 2.82. The summed E-state index contributed by atoms with van der Waals surface area (Å²) in [6.45, 7) is 1.01. The quantitative estimate of drug-likeness (QED) is 0.370. The van der Waals surface area contributed by atoms with Crippen molar-refractivity contribution in [3.63, 3.8) is 0 Å². The zero-order valence-corrected chi connectivity index (χ0v) is 18.6. The van der Waals surface area contributed by atoms with Gasteiger partial charge in [0.05, 0.1) is 25.1 Å². The highest BCUT2D eigenvalue weighted by atomic mass is 32.1. The molecule has 0 radical (unpaired) electrons. The first-order valence-corrected chi connectivity index (χ1v) is 11.5. The molecule has 0 fully saturated rings. The number of thiazole rings is 1. The first kappa shape index (κ1) is 21.7. The number of carbonyl (C=O) groups excluding carboxylic acids is 2. The predicted octanol–water partition coefficient (Wildman–Crippen LogP) is 3.24. The minimum atomic E-state index is -0.202. The van der Waals surface area contributed by atoms with Crippen LogP contribution in [-0.4, -0.2) is 38.2 Å². The van der Waals surface area contributed by atoms with E-state index in [2.05, 4.69) is 25.7 Å². The Morgan fingerprint density at radius 2 is 1.97 bits per heavy atom. The fraction of sp³-hybridized carbons (Fsp3) is 0.190. The first-order chi connectivity index (χ1) is 15.6. The minimum Gasteiger partial charge on any atom is -0.492 e. The smallest absolute Gasteiger partial charge is 0.231 e. The SMILES string of the molecule is O=C(Cc1csc(NC(=O)Cc2cccs2)n1)Nc1cccc(OCCn2cncn2)c1. The number of amides is 2. The maximum Gasteiger partial charge on any atom is 0.231 e. The van der Waals surface area contributed by atoms with Gasteiger partial charge in [0.25, 0.3) is 0 Å². The summed E-state index contributed by atoms with van der Waals surface area (Å²) in [5.41, 5.74) is 1.23. The van der Waals surface area contributed by atoms with Crippen molar-refractivity contribution < 1.29 is 14.3 Å². The van der Waals surface area contributed by atoms with E-state index in [1.807, 2.05) is 29.6 Å². The van der Waals surface area contributed by atoms with Crippen molar-refractivity contribution in [2.75, 3.05) is 17.2 Å². The standard InChI is InChI=1S/C21H20N6O3S2/c28-19(10-16-12-32-21(25-16)26-20(29)11-18-5-2-8-31-18)24-15-3-1-4-17(9-15)30-7-6-27-14-22-13-23-27/h1-5,8-9,12-14H,6-7,10-11H2,(H,24,28)(H,25,26,29). The van der Waals surface area contributed by atoms with Gasteiger partial charge >= 0.3 is 0 Å². The molecule has 0 saturated heterocycles. The maximum absolute atomic E-state index is 12.4. The van der Waals surface area contributed by atoms with Crippen LogP contribution in [0.2, 0.25) is 0 Å². The van der Waals surface area contributed by atoms with Crippen LogP contribution in [0.1, 0.15) is 10.6 Å². The van der Waals surface area contributed by atoms with Crippen molar-refractivity contribution in [3.05, 3.63) is 70.4 Å².